The Morgan fingerprint density at radius 2 is 0.913 bits per heavy atom. The van der Waals surface area contributed by atoms with Crippen LogP contribution in [0.15, 0.2) is 116 Å². The monoisotopic (exact) mass is 650 g/mol. The molecule has 0 fully saturated rings. The van der Waals surface area contributed by atoms with Crippen molar-refractivity contribution in [2.45, 2.75) is 13.8 Å². The number of anilines is 2. The maximum absolute atomic E-state index is 13.4. The van der Waals surface area contributed by atoms with E-state index in [9.17, 15) is 19.2 Å². The first-order valence-electron chi connectivity index (χ1n) is 14.2. The highest BCUT2D eigenvalue weighted by Crippen LogP contribution is 2.32. The van der Waals surface area contributed by atoms with Crippen LogP contribution in [0.5, 0.6) is 0 Å². The van der Waals surface area contributed by atoms with Gasteiger partial charge in [-0.15, -0.1) is 0 Å². The lowest BCUT2D eigenvalue weighted by Crippen LogP contribution is -2.27. The number of aromatic amines is 2. The molecule has 0 unspecified atom stereocenters. The minimum Gasteiger partial charge on any atom is -0.351 e. The van der Waals surface area contributed by atoms with E-state index in [2.05, 4.69) is 20.6 Å². The predicted molar refractivity (Wildman–Crippen MR) is 180 cm³/mol. The van der Waals surface area contributed by atoms with Crippen molar-refractivity contribution in [3.8, 4) is 11.4 Å². The van der Waals surface area contributed by atoms with Crippen molar-refractivity contribution in [2.24, 2.45) is 0 Å². The van der Waals surface area contributed by atoms with Gasteiger partial charge in [0.1, 0.15) is 21.5 Å². The molecule has 2 aromatic heterocycles. The molecule has 0 atom stereocenters. The number of allylic oxidation sites excluding steroid dienone is 2. The van der Waals surface area contributed by atoms with E-state index in [0.717, 1.165) is 11.1 Å². The fraction of sp³-hybridized carbons (Fsp3) is 0.0588. The molecule has 0 amide bonds. The second kappa shape index (κ2) is 11.1. The molecule has 12 heteroatoms. The van der Waals surface area contributed by atoms with Crippen molar-refractivity contribution in [3.05, 3.63) is 138 Å². The Labute approximate surface area is 270 Å². The lowest BCUT2D eigenvalue weighted by molar-refractivity contribution is -0.115. The number of carbonyl (C=O) groups excluding carboxylic acids is 2. The summed E-state index contributed by atoms with van der Waals surface area (Å²) in [7, 11) is 0. The van der Waals surface area contributed by atoms with E-state index in [1.807, 2.05) is 62.4 Å². The van der Waals surface area contributed by atoms with E-state index in [1.165, 1.54) is 0 Å². The number of hydrogen-bond acceptors (Lipinski definition) is 6. The summed E-state index contributed by atoms with van der Waals surface area (Å²) >= 11 is 12.9. The number of H-pyrrole nitrogens is 2. The lowest BCUT2D eigenvalue weighted by atomic mass is 10.0. The molecule has 2 heterocycles. The first-order valence-corrected chi connectivity index (χ1v) is 14.9. The minimum absolute atomic E-state index is 0.197. The van der Waals surface area contributed by atoms with Gasteiger partial charge in [0.2, 0.25) is 11.6 Å². The van der Waals surface area contributed by atoms with E-state index in [1.54, 1.807) is 45.5 Å². The van der Waals surface area contributed by atoms with E-state index in [-0.39, 0.29) is 32.8 Å². The molecule has 0 spiro atoms. The number of halogens is 2. The fourth-order valence-corrected chi connectivity index (χ4v) is 5.89. The Bertz CT molecular complexity index is 2260. The van der Waals surface area contributed by atoms with Gasteiger partial charge in [-0.25, -0.2) is 9.59 Å². The van der Waals surface area contributed by atoms with Crippen LogP contribution in [0.1, 0.15) is 11.1 Å². The topological polar surface area (TPSA) is 134 Å². The van der Waals surface area contributed by atoms with Gasteiger partial charge in [-0.1, -0.05) is 58.6 Å². The number of rotatable bonds is 6. The summed E-state index contributed by atoms with van der Waals surface area (Å²) in [6, 6.07) is 25.1. The molecule has 46 heavy (non-hydrogen) atoms. The van der Waals surface area contributed by atoms with Crippen LogP contribution in [0, 0.1) is 13.8 Å². The van der Waals surface area contributed by atoms with Crippen LogP contribution in [0.4, 0.5) is 11.4 Å². The summed E-state index contributed by atoms with van der Waals surface area (Å²) in [5, 5.41) is 5.09. The number of Topliss-reactive ketones (excluding diaryl/α,β-unsaturated/α-hetero) is 2. The number of aryl methyl sites for hydroxylation is 2. The molecule has 4 N–H and O–H groups in total. The molecule has 0 saturated carbocycles. The molecule has 0 saturated heterocycles. The SMILES string of the molecule is Cc1ccc(-n2c(=O)[nH]c3cc(NC4=C(Cl)C(=O)C(Nc5ccc6c(c5)[nH]c(=O)n6-c5ccc(C)cc5)=C(Cl)C4=O)ccc32)cc1. The highest BCUT2D eigenvalue weighted by Gasteiger charge is 2.34. The summed E-state index contributed by atoms with van der Waals surface area (Å²) in [5.41, 5.74) is 5.58. The maximum Gasteiger partial charge on any atom is 0.331 e. The standard InChI is InChI=1S/C34H24Cl2N6O4/c1-17-3-9-21(10-4-17)41-25-13-7-19(15-23(25)39-33(41)45)37-29-27(35)32(44)30(28(36)31(29)43)38-20-8-14-26-24(16-20)40-34(46)42(26)22-11-5-18(2)6-12-22/h3-16,37-38H,1-2H3,(H,39,45)(H,40,46). The molecule has 6 aromatic rings. The number of carbonyl (C=O) groups is 2. The summed E-state index contributed by atoms with van der Waals surface area (Å²) in [5.74, 6) is -1.39. The summed E-state index contributed by atoms with van der Waals surface area (Å²) in [6.45, 7) is 3.93. The third-order valence-corrected chi connectivity index (χ3v) is 8.50. The average Bonchev–Trinajstić information content (AvgIpc) is 3.55. The van der Waals surface area contributed by atoms with Gasteiger partial charge in [-0.2, -0.15) is 0 Å². The number of aromatic nitrogens is 4. The van der Waals surface area contributed by atoms with Crippen LogP contribution in [0.2, 0.25) is 0 Å². The highest BCUT2D eigenvalue weighted by atomic mass is 35.5. The molecule has 10 nitrogen and oxygen atoms in total. The van der Waals surface area contributed by atoms with Crippen LogP contribution < -0.4 is 22.0 Å². The number of fused-ring (bicyclic) bond motifs is 2. The molecular formula is C34H24Cl2N6O4. The van der Waals surface area contributed by atoms with Crippen molar-refractivity contribution < 1.29 is 9.59 Å². The Morgan fingerprint density at radius 3 is 1.28 bits per heavy atom. The Balaban J connectivity index is 1.15. The van der Waals surface area contributed by atoms with E-state index in [0.29, 0.717) is 44.8 Å². The first-order chi connectivity index (χ1) is 22.1. The molecule has 0 bridgehead atoms. The van der Waals surface area contributed by atoms with Gasteiger partial charge in [-0.3, -0.25) is 18.7 Å². The molecule has 1 aliphatic rings. The number of nitrogens with zero attached hydrogens (tertiary/aromatic N) is 2. The normalized spacial score (nSPS) is 13.7. The lowest BCUT2D eigenvalue weighted by Gasteiger charge is -2.20. The van der Waals surface area contributed by atoms with Crippen LogP contribution >= 0.6 is 23.2 Å². The summed E-state index contributed by atoms with van der Waals surface area (Å²) in [6.07, 6.45) is 0. The van der Waals surface area contributed by atoms with Gasteiger partial charge in [-0.05, 0) is 74.5 Å². The Morgan fingerprint density at radius 1 is 0.543 bits per heavy atom. The summed E-state index contributed by atoms with van der Waals surface area (Å²) < 4.78 is 3.09. The van der Waals surface area contributed by atoms with Crippen LogP contribution in [-0.4, -0.2) is 30.7 Å². The number of benzene rings is 4. The number of hydrogen-bond donors (Lipinski definition) is 4. The van der Waals surface area contributed by atoms with Crippen LogP contribution in [0.25, 0.3) is 33.4 Å². The zero-order valence-electron chi connectivity index (χ0n) is 24.4. The molecular weight excluding hydrogens is 627 g/mol. The molecule has 7 rings (SSSR count). The van der Waals surface area contributed by atoms with E-state index in [4.69, 9.17) is 23.2 Å². The zero-order chi connectivity index (χ0) is 32.3. The molecule has 228 valence electrons. The van der Waals surface area contributed by atoms with Gasteiger partial charge < -0.3 is 20.6 Å². The highest BCUT2D eigenvalue weighted by molar-refractivity contribution is 6.56. The second-order valence-corrected chi connectivity index (χ2v) is 11.7. The van der Waals surface area contributed by atoms with Crippen molar-refractivity contribution in [2.75, 3.05) is 10.6 Å². The van der Waals surface area contributed by atoms with Gasteiger partial charge in [0.15, 0.2) is 0 Å². The second-order valence-electron chi connectivity index (χ2n) is 11.0. The number of ketones is 2. The number of imidazole rings is 2. The first kappa shape index (κ1) is 29.1. The van der Waals surface area contributed by atoms with Crippen molar-refractivity contribution >= 4 is 68.2 Å². The molecule has 0 radical (unpaired) electrons. The average molecular weight is 652 g/mol. The van der Waals surface area contributed by atoms with Gasteiger partial charge in [0.05, 0.1) is 33.4 Å². The van der Waals surface area contributed by atoms with Gasteiger partial charge >= 0.3 is 11.4 Å². The third kappa shape index (κ3) is 4.93. The third-order valence-electron chi connectivity index (χ3n) is 7.78. The smallest absolute Gasteiger partial charge is 0.331 e. The van der Waals surface area contributed by atoms with Crippen LogP contribution in [0.3, 0.4) is 0 Å². The van der Waals surface area contributed by atoms with Crippen molar-refractivity contribution in [1.82, 2.24) is 19.1 Å². The van der Waals surface area contributed by atoms with Crippen molar-refractivity contribution in [3.63, 3.8) is 0 Å². The molecule has 4 aromatic carbocycles. The zero-order valence-corrected chi connectivity index (χ0v) is 25.9. The van der Waals surface area contributed by atoms with Gasteiger partial charge in [0.25, 0.3) is 0 Å². The van der Waals surface area contributed by atoms with Gasteiger partial charge in [0, 0.05) is 11.4 Å². The van der Waals surface area contributed by atoms with Crippen molar-refractivity contribution in [1.29, 1.82) is 0 Å². The van der Waals surface area contributed by atoms with E-state index >= 15 is 0 Å². The minimum atomic E-state index is -0.695. The molecule has 1 aliphatic carbocycles. The maximum atomic E-state index is 13.4. The quantitative estimate of drug-likeness (QED) is 0.160. The largest absolute Gasteiger partial charge is 0.351 e. The fourth-order valence-electron chi connectivity index (χ4n) is 5.44. The summed E-state index contributed by atoms with van der Waals surface area (Å²) in [4.78, 5) is 57.9. The molecule has 0 aliphatic heterocycles. The van der Waals surface area contributed by atoms with Crippen LogP contribution in [-0.2, 0) is 9.59 Å². The Hall–Kier alpha value is -5.58. The van der Waals surface area contributed by atoms with E-state index < -0.39 is 11.6 Å². The predicted octanol–water partition coefficient (Wildman–Crippen LogP) is 6.14. The Kier molecular flexibility index (Phi) is 7.03. The number of nitrogens with one attached hydrogen (secondary N) is 4.